The average Bonchev–Trinajstić information content (AvgIpc) is 2.95. The van der Waals surface area contributed by atoms with Crippen molar-refractivity contribution in [1.29, 1.82) is 0 Å². The number of methoxy groups -OCH3 is 1. The number of halogens is 2. The van der Waals surface area contributed by atoms with E-state index in [9.17, 15) is 18.0 Å². The smallest absolute Gasteiger partial charge is 0.264 e. The minimum atomic E-state index is -4.21. The molecule has 2 amide bonds. The summed E-state index contributed by atoms with van der Waals surface area (Å²) in [5.41, 5.74) is 1.80. The fraction of sp³-hybridized carbons (Fsp3) is 0.333. The number of nitrogens with zero attached hydrogens (tertiary/aromatic N) is 2. The summed E-state index contributed by atoms with van der Waals surface area (Å²) in [6.45, 7) is 5.46. The summed E-state index contributed by atoms with van der Waals surface area (Å²) in [5, 5.41) is 3.58. The maximum atomic E-state index is 14.0. The average molecular weight is 621 g/mol. The van der Waals surface area contributed by atoms with Crippen LogP contribution in [0.5, 0.6) is 5.75 Å². The number of amides is 2. The number of sulfonamides is 1. The number of carbonyl (C=O) groups excluding carboxylic acids is 2. The number of hydrogen-bond acceptors (Lipinski definition) is 5. The summed E-state index contributed by atoms with van der Waals surface area (Å²) in [5.74, 6) is -0.543. The van der Waals surface area contributed by atoms with E-state index in [1.165, 1.54) is 42.3 Å². The highest BCUT2D eigenvalue weighted by Gasteiger charge is 2.32. The lowest BCUT2D eigenvalue weighted by molar-refractivity contribution is -0.139. The van der Waals surface area contributed by atoms with Crippen LogP contribution in [0.2, 0.25) is 10.0 Å². The van der Waals surface area contributed by atoms with E-state index in [-0.39, 0.29) is 28.1 Å². The number of benzene rings is 3. The molecule has 1 atom stereocenters. The van der Waals surface area contributed by atoms with Crippen molar-refractivity contribution in [2.75, 3.05) is 24.5 Å². The van der Waals surface area contributed by atoms with Gasteiger partial charge in [-0.05, 0) is 68.3 Å². The molecule has 3 aromatic rings. The van der Waals surface area contributed by atoms with Gasteiger partial charge in [0.1, 0.15) is 18.3 Å². The van der Waals surface area contributed by atoms with Crippen LogP contribution in [0.1, 0.15) is 37.8 Å². The summed E-state index contributed by atoms with van der Waals surface area (Å²) in [4.78, 5) is 28.4. The number of anilines is 1. The zero-order chi connectivity index (χ0) is 30.2. The van der Waals surface area contributed by atoms with Crippen molar-refractivity contribution in [3.8, 4) is 5.75 Å². The first kappa shape index (κ1) is 32.2. The minimum absolute atomic E-state index is 0.0115. The van der Waals surface area contributed by atoms with Gasteiger partial charge in [0.05, 0.1) is 22.7 Å². The maximum Gasteiger partial charge on any atom is 0.264 e. The van der Waals surface area contributed by atoms with Crippen molar-refractivity contribution < 1.29 is 22.7 Å². The second kappa shape index (κ2) is 14.6. The number of hydrogen-bond donors (Lipinski definition) is 1. The van der Waals surface area contributed by atoms with Crippen LogP contribution in [0.4, 0.5) is 5.69 Å². The molecule has 0 fully saturated rings. The third-order valence-corrected chi connectivity index (χ3v) is 8.91. The fourth-order valence-electron chi connectivity index (χ4n) is 4.08. The molecule has 0 heterocycles. The Labute approximate surface area is 252 Å². The number of unbranched alkanes of at least 4 members (excludes halogenated alkanes) is 1. The molecule has 11 heteroatoms. The Morgan fingerprint density at radius 3 is 2.24 bits per heavy atom. The van der Waals surface area contributed by atoms with Gasteiger partial charge in [0.2, 0.25) is 11.8 Å². The monoisotopic (exact) mass is 619 g/mol. The molecule has 1 unspecified atom stereocenters. The number of ether oxygens (including phenoxy) is 1. The topological polar surface area (TPSA) is 96.0 Å². The van der Waals surface area contributed by atoms with Gasteiger partial charge >= 0.3 is 0 Å². The summed E-state index contributed by atoms with van der Waals surface area (Å²) in [7, 11) is -2.76. The lowest BCUT2D eigenvalue weighted by Gasteiger charge is -2.32. The largest absolute Gasteiger partial charge is 0.495 e. The van der Waals surface area contributed by atoms with Gasteiger partial charge in [-0.2, -0.15) is 0 Å². The fourth-order valence-corrected chi connectivity index (χ4v) is 5.87. The Morgan fingerprint density at radius 2 is 1.66 bits per heavy atom. The molecule has 220 valence electrons. The molecule has 0 bridgehead atoms. The Kier molecular flexibility index (Phi) is 11.5. The van der Waals surface area contributed by atoms with Crippen molar-refractivity contribution in [3.63, 3.8) is 0 Å². The first-order chi connectivity index (χ1) is 19.5. The molecular formula is C30H35Cl2N3O5S. The van der Waals surface area contributed by atoms with E-state index in [0.29, 0.717) is 17.3 Å². The van der Waals surface area contributed by atoms with Crippen LogP contribution < -0.4 is 14.4 Å². The quantitative estimate of drug-likeness (QED) is 0.243. The zero-order valence-electron chi connectivity index (χ0n) is 23.6. The van der Waals surface area contributed by atoms with Crippen LogP contribution in [0.15, 0.2) is 71.6 Å². The molecule has 0 spiro atoms. The van der Waals surface area contributed by atoms with Crippen LogP contribution in [0.25, 0.3) is 0 Å². The molecule has 0 aliphatic rings. The first-order valence-electron chi connectivity index (χ1n) is 13.2. The third kappa shape index (κ3) is 8.38. The van der Waals surface area contributed by atoms with E-state index < -0.39 is 28.5 Å². The SMILES string of the molecule is CCCCNC(=O)C(C)N(Cc1ccc(Cl)cc1)C(=O)CN(c1ccc(OC)c(Cl)c1)S(=O)(=O)c1ccc(C)cc1. The Bertz CT molecular complexity index is 1450. The van der Waals surface area contributed by atoms with Crippen molar-refractivity contribution >= 4 is 50.7 Å². The van der Waals surface area contributed by atoms with Gasteiger partial charge in [-0.3, -0.25) is 13.9 Å². The minimum Gasteiger partial charge on any atom is -0.495 e. The lowest BCUT2D eigenvalue weighted by atomic mass is 10.1. The van der Waals surface area contributed by atoms with Crippen LogP contribution >= 0.6 is 23.2 Å². The van der Waals surface area contributed by atoms with Gasteiger partial charge in [0.15, 0.2) is 0 Å². The molecule has 0 aliphatic heterocycles. The molecule has 41 heavy (non-hydrogen) atoms. The molecule has 0 saturated heterocycles. The predicted molar refractivity (Wildman–Crippen MR) is 163 cm³/mol. The Morgan fingerprint density at radius 1 is 1.00 bits per heavy atom. The van der Waals surface area contributed by atoms with Crippen LogP contribution in [0.3, 0.4) is 0 Å². The zero-order valence-corrected chi connectivity index (χ0v) is 25.9. The van der Waals surface area contributed by atoms with Gasteiger partial charge < -0.3 is 15.0 Å². The standard InChI is InChI=1S/C30H35Cl2N3O5S/c1-5-6-17-33-30(37)22(3)34(19-23-9-11-24(31)12-10-23)29(36)20-35(25-13-16-28(40-4)27(32)18-25)41(38,39)26-14-7-21(2)8-15-26/h7-16,18,22H,5-6,17,19-20H2,1-4H3,(H,33,37). The first-order valence-corrected chi connectivity index (χ1v) is 15.4. The van der Waals surface area contributed by atoms with Gasteiger partial charge in [-0.15, -0.1) is 0 Å². The van der Waals surface area contributed by atoms with E-state index in [1.54, 1.807) is 43.3 Å². The number of rotatable bonds is 13. The molecule has 0 aromatic heterocycles. The number of aryl methyl sites for hydroxylation is 1. The Hall–Kier alpha value is -3.27. The van der Waals surface area contributed by atoms with Gasteiger partial charge in [-0.25, -0.2) is 8.42 Å². The van der Waals surface area contributed by atoms with E-state index in [2.05, 4.69) is 5.32 Å². The van der Waals surface area contributed by atoms with E-state index in [4.69, 9.17) is 27.9 Å². The second-order valence-electron chi connectivity index (χ2n) is 9.61. The van der Waals surface area contributed by atoms with E-state index >= 15 is 0 Å². The predicted octanol–water partition coefficient (Wildman–Crippen LogP) is 5.84. The van der Waals surface area contributed by atoms with Gasteiger partial charge in [0, 0.05) is 18.1 Å². The van der Waals surface area contributed by atoms with Crippen molar-refractivity contribution in [2.45, 2.75) is 51.1 Å². The summed E-state index contributed by atoms with van der Waals surface area (Å²) in [6.07, 6.45) is 1.70. The maximum absolute atomic E-state index is 14.0. The van der Waals surface area contributed by atoms with Crippen molar-refractivity contribution in [3.05, 3.63) is 87.9 Å². The summed E-state index contributed by atoms with van der Waals surface area (Å²) >= 11 is 12.4. The molecule has 0 radical (unpaired) electrons. The van der Waals surface area contributed by atoms with Crippen molar-refractivity contribution in [1.82, 2.24) is 10.2 Å². The highest BCUT2D eigenvalue weighted by atomic mass is 35.5. The highest BCUT2D eigenvalue weighted by molar-refractivity contribution is 7.92. The molecule has 1 N–H and O–H groups in total. The highest BCUT2D eigenvalue weighted by Crippen LogP contribution is 2.32. The van der Waals surface area contributed by atoms with E-state index in [0.717, 1.165) is 28.3 Å². The molecule has 0 saturated carbocycles. The van der Waals surface area contributed by atoms with Crippen LogP contribution in [-0.4, -0.2) is 51.4 Å². The number of nitrogens with one attached hydrogen (secondary N) is 1. The van der Waals surface area contributed by atoms with Gasteiger partial charge in [-0.1, -0.05) is 66.4 Å². The molecule has 0 aliphatic carbocycles. The molecule has 8 nitrogen and oxygen atoms in total. The number of carbonyl (C=O) groups is 2. The molecule has 3 rings (SSSR count). The molecule has 3 aromatic carbocycles. The lowest BCUT2D eigenvalue weighted by Crippen LogP contribution is -2.51. The summed E-state index contributed by atoms with van der Waals surface area (Å²) in [6, 6.07) is 16.9. The molecular weight excluding hydrogens is 585 g/mol. The van der Waals surface area contributed by atoms with E-state index in [1.807, 2.05) is 13.8 Å². The Balaban J connectivity index is 2.03. The normalized spacial score (nSPS) is 12.0. The van der Waals surface area contributed by atoms with Crippen LogP contribution in [-0.2, 0) is 26.2 Å². The second-order valence-corrected chi connectivity index (χ2v) is 12.3. The van der Waals surface area contributed by atoms with Gasteiger partial charge in [0.25, 0.3) is 10.0 Å². The third-order valence-electron chi connectivity index (χ3n) is 6.57. The van der Waals surface area contributed by atoms with Crippen molar-refractivity contribution in [2.24, 2.45) is 0 Å². The van der Waals surface area contributed by atoms with Crippen LogP contribution in [0, 0.1) is 6.92 Å². The summed E-state index contributed by atoms with van der Waals surface area (Å²) < 4.78 is 34.1.